The third-order valence-corrected chi connectivity index (χ3v) is 2.10. The largest absolute Gasteiger partial charge is 0.444 e. The number of hydrogen-bond acceptors (Lipinski definition) is 5. The molecule has 1 aliphatic heterocycles. The van der Waals surface area contributed by atoms with Crippen molar-refractivity contribution < 1.29 is 19.2 Å². The van der Waals surface area contributed by atoms with E-state index in [-0.39, 0.29) is 18.6 Å². The first-order chi connectivity index (χ1) is 8.31. The second-order valence-corrected chi connectivity index (χ2v) is 4.93. The molecule has 0 aromatic heterocycles. The van der Waals surface area contributed by atoms with Crippen molar-refractivity contribution >= 4 is 17.7 Å². The molecule has 1 heterocycles. The Morgan fingerprint density at radius 2 is 2.17 bits per heavy atom. The van der Waals surface area contributed by atoms with E-state index in [1.54, 1.807) is 20.8 Å². The van der Waals surface area contributed by atoms with Crippen molar-refractivity contribution in [2.45, 2.75) is 38.9 Å². The zero-order chi connectivity index (χ0) is 13.8. The lowest BCUT2D eigenvalue weighted by Crippen LogP contribution is -2.37. The topological polar surface area (TPSA) is 89.0 Å². The molecule has 1 rings (SSSR count). The van der Waals surface area contributed by atoms with Gasteiger partial charge in [-0.2, -0.15) is 0 Å². The molecule has 0 spiro atoms. The summed E-state index contributed by atoms with van der Waals surface area (Å²) in [5, 5.41) is 8.68. The van der Waals surface area contributed by atoms with E-state index in [9.17, 15) is 9.59 Å². The van der Waals surface area contributed by atoms with Crippen molar-refractivity contribution in [3.8, 4) is 0 Å². The number of nitrogens with one attached hydrogen (secondary N) is 2. The lowest BCUT2D eigenvalue weighted by molar-refractivity contribution is -0.114. The maximum absolute atomic E-state index is 11.4. The number of alkyl carbamates (subject to hydrolysis) is 1. The first-order valence-electron chi connectivity index (χ1n) is 5.73. The van der Waals surface area contributed by atoms with Crippen LogP contribution in [0.2, 0.25) is 0 Å². The Kier molecular flexibility index (Phi) is 4.52. The molecule has 0 aromatic rings. The summed E-state index contributed by atoms with van der Waals surface area (Å²) in [5.74, 6) is -0.269. The van der Waals surface area contributed by atoms with Gasteiger partial charge in [0.25, 0.3) is 5.91 Å². The number of amides is 2. The van der Waals surface area contributed by atoms with E-state index in [0.717, 1.165) is 0 Å². The molecule has 0 aromatic carbocycles. The quantitative estimate of drug-likeness (QED) is 0.766. The van der Waals surface area contributed by atoms with Crippen LogP contribution in [0.5, 0.6) is 0 Å². The Balaban J connectivity index is 2.27. The summed E-state index contributed by atoms with van der Waals surface area (Å²) >= 11 is 0. The van der Waals surface area contributed by atoms with Crippen molar-refractivity contribution in [1.82, 2.24) is 10.6 Å². The van der Waals surface area contributed by atoms with Crippen LogP contribution >= 0.6 is 0 Å². The Hall–Kier alpha value is -1.79. The molecule has 1 aliphatic rings. The lowest BCUT2D eigenvalue weighted by atomic mass is 10.1. The predicted molar refractivity (Wildman–Crippen MR) is 65.2 cm³/mol. The summed E-state index contributed by atoms with van der Waals surface area (Å²) in [6.07, 6.45) is -0.473. The normalized spacial score (nSPS) is 18.7. The molecule has 0 radical (unpaired) electrons. The minimum Gasteiger partial charge on any atom is -0.444 e. The van der Waals surface area contributed by atoms with Crippen LogP contribution in [-0.4, -0.2) is 43.0 Å². The number of ether oxygens (including phenoxy) is 1. The zero-order valence-corrected chi connectivity index (χ0v) is 11.1. The van der Waals surface area contributed by atoms with Gasteiger partial charge in [0.2, 0.25) is 0 Å². The number of carbonyl (C=O) groups excluding carboxylic acids is 2. The number of carbonyl (C=O) groups is 2. The molecule has 2 amide bonds. The number of oxime groups is 1. The highest BCUT2D eigenvalue weighted by atomic mass is 16.6. The van der Waals surface area contributed by atoms with Gasteiger partial charge in [0.15, 0.2) is 6.10 Å². The molecule has 0 saturated carbocycles. The Morgan fingerprint density at radius 3 is 2.72 bits per heavy atom. The first-order valence-corrected chi connectivity index (χ1v) is 5.73. The molecule has 2 N–H and O–H groups in total. The van der Waals surface area contributed by atoms with Gasteiger partial charge in [-0.1, -0.05) is 5.16 Å². The Bertz CT molecular complexity index is 360. The Morgan fingerprint density at radius 1 is 1.50 bits per heavy atom. The van der Waals surface area contributed by atoms with Crippen LogP contribution in [0.4, 0.5) is 4.79 Å². The maximum Gasteiger partial charge on any atom is 0.407 e. The van der Waals surface area contributed by atoms with Crippen molar-refractivity contribution in [3.05, 3.63) is 0 Å². The van der Waals surface area contributed by atoms with Crippen LogP contribution in [0.15, 0.2) is 5.16 Å². The van der Waals surface area contributed by atoms with E-state index in [1.165, 1.54) is 7.05 Å². The van der Waals surface area contributed by atoms with Crippen LogP contribution in [0.3, 0.4) is 0 Å². The highest BCUT2D eigenvalue weighted by Gasteiger charge is 2.26. The van der Waals surface area contributed by atoms with Gasteiger partial charge >= 0.3 is 6.09 Å². The Labute approximate surface area is 106 Å². The molecule has 18 heavy (non-hydrogen) atoms. The van der Waals surface area contributed by atoms with E-state index in [0.29, 0.717) is 12.1 Å². The fourth-order valence-corrected chi connectivity index (χ4v) is 1.33. The molecule has 7 heteroatoms. The van der Waals surface area contributed by atoms with Gasteiger partial charge in [0, 0.05) is 13.5 Å². The van der Waals surface area contributed by atoms with Crippen LogP contribution in [-0.2, 0) is 14.4 Å². The van der Waals surface area contributed by atoms with E-state index < -0.39 is 11.7 Å². The standard InChI is InChI=1S/C11H19N3O4/c1-11(2,3)17-10(16)13-6-7-5-8(14-18-7)9(15)12-4/h7H,5-6H2,1-4H3,(H,12,15)(H,13,16)/t7-/m1/s1. The van der Waals surface area contributed by atoms with Crippen molar-refractivity contribution in [3.63, 3.8) is 0 Å². The summed E-state index contributed by atoms with van der Waals surface area (Å²) in [6.45, 7) is 5.60. The second kappa shape index (κ2) is 5.70. The SMILES string of the molecule is CNC(=O)C1=NO[C@@H](CNC(=O)OC(C)(C)C)C1. The highest BCUT2D eigenvalue weighted by Crippen LogP contribution is 2.10. The van der Waals surface area contributed by atoms with Crippen molar-refractivity contribution in [1.29, 1.82) is 0 Å². The summed E-state index contributed by atoms with van der Waals surface area (Å²) in [7, 11) is 1.52. The van der Waals surface area contributed by atoms with Gasteiger partial charge in [0.1, 0.15) is 11.3 Å². The van der Waals surface area contributed by atoms with E-state index in [1.807, 2.05) is 0 Å². The third-order valence-electron chi connectivity index (χ3n) is 2.10. The van der Waals surface area contributed by atoms with Gasteiger partial charge in [0.05, 0.1) is 6.54 Å². The molecule has 0 unspecified atom stereocenters. The second-order valence-electron chi connectivity index (χ2n) is 4.93. The smallest absolute Gasteiger partial charge is 0.407 e. The molecule has 0 fully saturated rings. The minimum atomic E-state index is -0.537. The summed E-state index contributed by atoms with van der Waals surface area (Å²) in [4.78, 5) is 27.7. The van der Waals surface area contributed by atoms with Crippen LogP contribution in [0, 0.1) is 0 Å². The fourth-order valence-electron chi connectivity index (χ4n) is 1.33. The lowest BCUT2D eigenvalue weighted by Gasteiger charge is -2.20. The maximum atomic E-state index is 11.4. The van der Waals surface area contributed by atoms with Crippen LogP contribution in [0.25, 0.3) is 0 Å². The summed E-state index contributed by atoms with van der Waals surface area (Å²) < 4.78 is 5.07. The van der Waals surface area contributed by atoms with Gasteiger partial charge in [-0.3, -0.25) is 4.79 Å². The van der Waals surface area contributed by atoms with Crippen molar-refractivity contribution in [2.75, 3.05) is 13.6 Å². The summed E-state index contributed by atoms with van der Waals surface area (Å²) in [5.41, 5.74) is -0.210. The molecular formula is C11H19N3O4. The number of nitrogens with zero attached hydrogens (tertiary/aromatic N) is 1. The third kappa shape index (κ3) is 4.60. The highest BCUT2D eigenvalue weighted by molar-refractivity contribution is 6.39. The zero-order valence-electron chi connectivity index (χ0n) is 11.1. The molecule has 0 saturated heterocycles. The molecule has 0 aliphatic carbocycles. The molecule has 1 atom stereocenters. The van der Waals surface area contributed by atoms with Gasteiger partial charge < -0.3 is 20.2 Å². The van der Waals surface area contributed by atoms with E-state index in [4.69, 9.17) is 9.57 Å². The predicted octanol–water partition coefficient (Wildman–Crippen LogP) is 0.402. The molecule has 0 bridgehead atoms. The minimum absolute atomic E-state index is 0.249. The first kappa shape index (κ1) is 14.3. The van der Waals surface area contributed by atoms with Crippen LogP contribution in [0.1, 0.15) is 27.2 Å². The number of rotatable bonds is 3. The number of hydrogen-bond donors (Lipinski definition) is 2. The van der Waals surface area contributed by atoms with Gasteiger partial charge in [-0.15, -0.1) is 0 Å². The van der Waals surface area contributed by atoms with E-state index in [2.05, 4.69) is 15.8 Å². The monoisotopic (exact) mass is 257 g/mol. The van der Waals surface area contributed by atoms with Gasteiger partial charge in [-0.25, -0.2) is 4.79 Å². The summed E-state index contributed by atoms with van der Waals surface area (Å²) in [6, 6.07) is 0. The molecule has 102 valence electrons. The average molecular weight is 257 g/mol. The average Bonchev–Trinajstić information content (AvgIpc) is 2.71. The molecular weight excluding hydrogens is 238 g/mol. The molecule has 7 nitrogen and oxygen atoms in total. The fraction of sp³-hybridized carbons (Fsp3) is 0.727. The van der Waals surface area contributed by atoms with Crippen molar-refractivity contribution in [2.24, 2.45) is 5.16 Å². The van der Waals surface area contributed by atoms with Crippen LogP contribution < -0.4 is 10.6 Å². The van der Waals surface area contributed by atoms with E-state index >= 15 is 0 Å². The van der Waals surface area contributed by atoms with Gasteiger partial charge in [-0.05, 0) is 20.8 Å².